The third kappa shape index (κ3) is 4.32. The number of urea groups is 1. The summed E-state index contributed by atoms with van der Waals surface area (Å²) in [6, 6.07) is 19.1. The standard InChI is InChI=1S/C22H16ClN3O3S/c1-13-6-2-3-7-15(13)21(27)30-26-22(28)25-18-12-14(10-11-16(18)23)20-24-17-8-4-5-9-19(17)29-20/h2-12H,1H3,(H2,25,26,28). The van der Waals surface area contributed by atoms with Crippen molar-refractivity contribution in [3.8, 4) is 11.5 Å². The van der Waals surface area contributed by atoms with Crippen LogP contribution in [-0.4, -0.2) is 16.1 Å². The van der Waals surface area contributed by atoms with Crippen molar-refractivity contribution < 1.29 is 14.0 Å². The van der Waals surface area contributed by atoms with Crippen molar-refractivity contribution in [2.45, 2.75) is 6.92 Å². The zero-order valence-electron chi connectivity index (χ0n) is 15.8. The first-order chi connectivity index (χ1) is 14.5. The summed E-state index contributed by atoms with van der Waals surface area (Å²) in [6.07, 6.45) is 0. The van der Waals surface area contributed by atoms with Crippen LogP contribution in [0.15, 0.2) is 71.1 Å². The first-order valence-electron chi connectivity index (χ1n) is 9.00. The summed E-state index contributed by atoms with van der Waals surface area (Å²) in [6.45, 7) is 1.84. The molecule has 150 valence electrons. The van der Waals surface area contributed by atoms with Crippen LogP contribution in [0.1, 0.15) is 15.9 Å². The van der Waals surface area contributed by atoms with Crippen LogP contribution in [0.2, 0.25) is 5.02 Å². The highest BCUT2D eigenvalue weighted by atomic mass is 35.5. The van der Waals surface area contributed by atoms with E-state index in [0.29, 0.717) is 45.3 Å². The monoisotopic (exact) mass is 437 g/mol. The Balaban J connectivity index is 1.46. The molecule has 0 unspecified atom stereocenters. The predicted octanol–water partition coefficient (Wildman–Crippen LogP) is 6.07. The Kier molecular flexibility index (Phi) is 5.74. The van der Waals surface area contributed by atoms with E-state index in [-0.39, 0.29) is 5.12 Å². The van der Waals surface area contributed by atoms with Gasteiger partial charge in [-0.2, -0.15) is 0 Å². The molecule has 0 radical (unpaired) electrons. The molecule has 2 N–H and O–H groups in total. The van der Waals surface area contributed by atoms with Gasteiger partial charge in [0.05, 0.1) is 10.7 Å². The lowest BCUT2D eigenvalue weighted by Crippen LogP contribution is -2.24. The van der Waals surface area contributed by atoms with Crippen LogP contribution >= 0.6 is 23.5 Å². The number of amides is 2. The fourth-order valence-electron chi connectivity index (χ4n) is 2.85. The molecule has 6 nitrogen and oxygen atoms in total. The highest BCUT2D eigenvalue weighted by molar-refractivity contribution is 8.12. The van der Waals surface area contributed by atoms with Gasteiger partial charge in [-0.25, -0.2) is 9.78 Å². The van der Waals surface area contributed by atoms with Gasteiger partial charge in [0.2, 0.25) is 11.0 Å². The maximum absolute atomic E-state index is 12.3. The SMILES string of the molecule is Cc1ccccc1C(=O)SNC(=O)Nc1cc(-c2nc3ccccc3o2)ccc1Cl. The quantitative estimate of drug-likeness (QED) is 0.380. The zero-order valence-corrected chi connectivity index (χ0v) is 17.4. The van der Waals surface area contributed by atoms with Crippen molar-refractivity contribution in [3.63, 3.8) is 0 Å². The van der Waals surface area contributed by atoms with Crippen molar-refractivity contribution >= 4 is 51.5 Å². The Hall–Kier alpha value is -3.29. The second-order valence-corrected chi connectivity index (χ2v) is 7.63. The molecule has 0 aliphatic carbocycles. The topological polar surface area (TPSA) is 84.2 Å². The van der Waals surface area contributed by atoms with Crippen LogP contribution in [-0.2, 0) is 0 Å². The molecule has 0 saturated heterocycles. The molecule has 2 amide bonds. The van der Waals surface area contributed by atoms with Gasteiger partial charge in [-0.05, 0) is 42.8 Å². The third-order valence-corrected chi connectivity index (χ3v) is 5.38. The number of aromatic nitrogens is 1. The van der Waals surface area contributed by atoms with E-state index in [2.05, 4.69) is 15.0 Å². The third-order valence-electron chi connectivity index (χ3n) is 4.36. The normalized spacial score (nSPS) is 10.7. The average Bonchev–Trinajstić information content (AvgIpc) is 3.18. The number of aryl methyl sites for hydroxylation is 1. The van der Waals surface area contributed by atoms with Crippen molar-refractivity contribution in [1.82, 2.24) is 9.71 Å². The number of para-hydroxylation sites is 2. The van der Waals surface area contributed by atoms with Crippen LogP contribution in [0.25, 0.3) is 22.6 Å². The van der Waals surface area contributed by atoms with Crippen molar-refractivity contribution in [3.05, 3.63) is 82.9 Å². The summed E-state index contributed by atoms with van der Waals surface area (Å²) in [5.41, 5.74) is 3.82. The number of anilines is 1. The Bertz CT molecular complexity index is 1220. The van der Waals surface area contributed by atoms with E-state index in [9.17, 15) is 9.59 Å². The molecule has 3 aromatic carbocycles. The molecular weight excluding hydrogens is 422 g/mol. The number of oxazole rings is 1. The van der Waals surface area contributed by atoms with Crippen LogP contribution in [0, 0.1) is 6.92 Å². The fraction of sp³-hybridized carbons (Fsp3) is 0.0455. The molecule has 0 bridgehead atoms. The Morgan fingerprint density at radius 2 is 1.80 bits per heavy atom. The van der Waals surface area contributed by atoms with Gasteiger partial charge in [0.15, 0.2) is 5.58 Å². The molecule has 30 heavy (non-hydrogen) atoms. The zero-order chi connectivity index (χ0) is 21.1. The van der Waals surface area contributed by atoms with Gasteiger partial charge in [-0.15, -0.1) is 0 Å². The maximum Gasteiger partial charge on any atom is 0.329 e. The van der Waals surface area contributed by atoms with E-state index in [4.69, 9.17) is 16.0 Å². The average molecular weight is 438 g/mol. The molecule has 4 aromatic rings. The number of halogens is 1. The Labute approximate surface area is 181 Å². The number of hydrogen-bond acceptors (Lipinski definition) is 5. The maximum atomic E-state index is 12.3. The lowest BCUT2D eigenvalue weighted by molar-refractivity contribution is 0.108. The predicted molar refractivity (Wildman–Crippen MR) is 120 cm³/mol. The molecule has 0 saturated carbocycles. The van der Waals surface area contributed by atoms with Gasteiger partial charge in [-0.3, -0.25) is 9.52 Å². The number of benzene rings is 3. The minimum atomic E-state index is -0.571. The molecule has 0 fully saturated rings. The van der Waals surface area contributed by atoms with Gasteiger partial charge in [0.25, 0.3) is 0 Å². The number of carbonyl (C=O) groups excluding carboxylic acids is 2. The number of hydrogen-bond donors (Lipinski definition) is 2. The van der Waals surface area contributed by atoms with Crippen molar-refractivity contribution in [2.24, 2.45) is 0 Å². The molecule has 0 spiro atoms. The summed E-state index contributed by atoms with van der Waals surface area (Å²) in [4.78, 5) is 29.0. The first kappa shape index (κ1) is 20.0. The molecule has 1 aromatic heterocycles. The lowest BCUT2D eigenvalue weighted by Gasteiger charge is -2.09. The summed E-state index contributed by atoms with van der Waals surface area (Å²) in [7, 11) is 0. The van der Waals surface area contributed by atoms with E-state index in [1.165, 1.54) is 0 Å². The molecule has 0 aliphatic heterocycles. The van der Waals surface area contributed by atoms with E-state index in [0.717, 1.165) is 11.1 Å². The molecule has 8 heteroatoms. The lowest BCUT2D eigenvalue weighted by atomic mass is 10.1. The van der Waals surface area contributed by atoms with Crippen molar-refractivity contribution in [2.75, 3.05) is 5.32 Å². The smallest absolute Gasteiger partial charge is 0.329 e. The van der Waals surface area contributed by atoms with Crippen LogP contribution in [0.4, 0.5) is 10.5 Å². The van der Waals surface area contributed by atoms with Crippen LogP contribution in [0.5, 0.6) is 0 Å². The number of fused-ring (bicyclic) bond motifs is 1. The number of nitrogens with one attached hydrogen (secondary N) is 2. The van der Waals surface area contributed by atoms with Gasteiger partial charge < -0.3 is 9.73 Å². The molecular formula is C22H16ClN3O3S. The number of nitrogens with zero attached hydrogens (tertiary/aromatic N) is 1. The summed E-state index contributed by atoms with van der Waals surface area (Å²) in [5, 5.41) is 2.74. The summed E-state index contributed by atoms with van der Waals surface area (Å²) >= 11 is 6.92. The van der Waals surface area contributed by atoms with Gasteiger partial charge in [0, 0.05) is 23.1 Å². The van der Waals surface area contributed by atoms with Gasteiger partial charge >= 0.3 is 6.03 Å². The highest BCUT2D eigenvalue weighted by Crippen LogP contribution is 2.30. The van der Waals surface area contributed by atoms with E-state index in [1.54, 1.807) is 30.3 Å². The minimum Gasteiger partial charge on any atom is -0.436 e. The fourth-order valence-corrected chi connectivity index (χ4v) is 3.59. The summed E-state index contributed by atoms with van der Waals surface area (Å²) in [5.74, 6) is 0.417. The molecule has 0 aliphatic rings. The van der Waals surface area contributed by atoms with E-state index >= 15 is 0 Å². The second kappa shape index (κ2) is 8.61. The van der Waals surface area contributed by atoms with Gasteiger partial charge in [0.1, 0.15) is 5.52 Å². The minimum absolute atomic E-state index is 0.255. The largest absolute Gasteiger partial charge is 0.436 e. The van der Waals surface area contributed by atoms with Crippen molar-refractivity contribution in [1.29, 1.82) is 0 Å². The summed E-state index contributed by atoms with van der Waals surface area (Å²) < 4.78 is 8.25. The molecule has 4 rings (SSSR count). The highest BCUT2D eigenvalue weighted by Gasteiger charge is 2.14. The Morgan fingerprint density at radius 1 is 1.03 bits per heavy atom. The van der Waals surface area contributed by atoms with Crippen LogP contribution in [0.3, 0.4) is 0 Å². The van der Waals surface area contributed by atoms with E-state index in [1.807, 2.05) is 43.3 Å². The number of rotatable bonds is 3. The Morgan fingerprint density at radius 3 is 2.60 bits per heavy atom. The molecule has 1 heterocycles. The second-order valence-electron chi connectivity index (χ2n) is 6.44. The number of carbonyl (C=O) groups is 2. The van der Waals surface area contributed by atoms with E-state index < -0.39 is 6.03 Å². The van der Waals surface area contributed by atoms with Gasteiger partial charge in [-0.1, -0.05) is 48.0 Å². The first-order valence-corrected chi connectivity index (χ1v) is 10.2. The molecule has 0 atom stereocenters. The van der Waals surface area contributed by atoms with Crippen LogP contribution < -0.4 is 10.0 Å².